The first-order valence-electron chi connectivity index (χ1n) is 6.35. The van der Waals surface area contributed by atoms with Crippen molar-refractivity contribution in [2.75, 3.05) is 13.4 Å². The van der Waals surface area contributed by atoms with Crippen LogP contribution >= 0.6 is 0 Å². The summed E-state index contributed by atoms with van der Waals surface area (Å²) < 4.78 is 11.1. The molecule has 1 aromatic rings. The predicted octanol–water partition coefficient (Wildman–Crippen LogP) is 2.43. The Bertz CT molecular complexity index is 398. The van der Waals surface area contributed by atoms with E-state index in [1.54, 1.807) is 0 Å². The monoisotopic (exact) mass is 234 g/mol. The van der Waals surface area contributed by atoms with Crippen LogP contribution in [0.4, 0.5) is 0 Å². The third-order valence-corrected chi connectivity index (χ3v) is 3.54. The lowest BCUT2D eigenvalue weighted by Crippen LogP contribution is -2.06. The second-order valence-corrected chi connectivity index (χ2v) is 4.95. The van der Waals surface area contributed by atoms with Crippen LogP contribution in [0.15, 0.2) is 18.2 Å². The van der Waals surface area contributed by atoms with E-state index in [0.29, 0.717) is 6.79 Å². The van der Waals surface area contributed by atoms with Gasteiger partial charge in [-0.1, -0.05) is 12.1 Å². The van der Waals surface area contributed by atoms with E-state index in [-0.39, 0.29) is 6.10 Å². The molecule has 3 heteroatoms. The van der Waals surface area contributed by atoms with E-state index in [4.69, 9.17) is 9.47 Å². The fourth-order valence-electron chi connectivity index (χ4n) is 2.34. The molecular weight excluding hydrogens is 216 g/mol. The molecule has 0 aromatic heterocycles. The molecule has 3 nitrogen and oxygen atoms in total. The Morgan fingerprint density at radius 1 is 1.24 bits per heavy atom. The molecule has 0 spiro atoms. The van der Waals surface area contributed by atoms with E-state index < -0.39 is 0 Å². The first-order valence-corrected chi connectivity index (χ1v) is 6.35. The summed E-state index contributed by atoms with van der Waals surface area (Å²) in [6, 6.07) is 5.87. The van der Waals surface area contributed by atoms with Crippen molar-refractivity contribution in [1.82, 2.24) is 0 Å². The Labute approximate surface area is 101 Å². The van der Waals surface area contributed by atoms with Crippen LogP contribution in [0, 0.1) is 5.92 Å². The van der Waals surface area contributed by atoms with Crippen molar-refractivity contribution in [3.8, 4) is 5.75 Å². The van der Waals surface area contributed by atoms with Gasteiger partial charge in [0.25, 0.3) is 0 Å². The van der Waals surface area contributed by atoms with Crippen molar-refractivity contribution in [1.29, 1.82) is 0 Å². The molecule has 17 heavy (non-hydrogen) atoms. The van der Waals surface area contributed by atoms with Crippen molar-refractivity contribution in [2.45, 2.75) is 31.8 Å². The highest BCUT2D eigenvalue weighted by atomic mass is 16.7. The van der Waals surface area contributed by atoms with Crippen molar-refractivity contribution >= 4 is 0 Å². The summed E-state index contributed by atoms with van der Waals surface area (Å²) in [5, 5.41) is 9.77. The third-order valence-electron chi connectivity index (χ3n) is 3.54. The van der Waals surface area contributed by atoms with Gasteiger partial charge in [0, 0.05) is 5.56 Å². The average molecular weight is 234 g/mol. The molecule has 0 heterocycles. The Kier molecular flexibility index (Phi) is 3.04. The van der Waals surface area contributed by atoms with Crippen LogP contribution in [-0.2, 0) is 11.2 Å². The summed E-state index contributed by atoms with van der Waals surface area (Å²) in [4.78, 5) is 0. The molecule has 0 aliphatic heterocycles. The topological polar surface area (TPSA) is 38.7 Å². The maximum Gasteiger partial charge on any atom is 0.189 e. The molecule has 0 saturated heterocycles. The molecule has 92 valence electrons. The fraction of sp³-hybridized carbons (Fsp3) is 0.571. The molecule has 0 bridgehead atoms. The first kappa shape index (κ1) is 11.1. The van der Waals surface area contributed by atoms with Crippen molar-refractivity contribution in [3.63, 3.8) is 0 Å². The fourth-order valence-corrected chi connectivity index (χ4v) is 2.34. The zero-order valence-corrected chi connectivity index (χ0v) is 9.89. The minimum Gasteiger partial charge on any atom is -0.467 e. The van der Waals surface area contributed by atoms with E-state index in [1.165, 1.54) is 12.8 Å². The van der Waals surface area contributed by atoms with Gasteiger partial charge in [0.05, 0.1) is 12.7 Å². The molecule has 1 N–H and O–H groups in total. The Morgan fingerprint density at radius 3 is 2.94 bits per heavy atom. The van der Waals surface area contributed by atoms with Crippen LogP contribution in [0.1, 0.15) is 36.5 Å². The molecule has 3 rings (SSSR count). The van der Waals surface area contributed by atoms with Crippen LogP contribution in [0.25, 0.3) is 0 Å². The van der Waals surface area contributed by atoms with Gasteiger partial charge in [-0.3, -0.25) is 0 Å². The number of aliphatic hydroxyl groups is 1. The lowest BCUT2D eigenvalue weighted by molar-refractivity contribution is 0.00950. The number of hydrogen-bond acceptors (Lipinski definition) is 3. The molecule has 1 aromatic carbocycles. The molecule has 2 aliphatic carbocycles. The number of ether oxygens (including phenoxy) is 2. The lowest BCUT2D eigenvalue weighted by Gasteiger charge is -2.11. The summed E-state index contributed by atoms with van der Waals surface area (Å²) >= 11 is 0. The number of rotatable bonds is 5. The van der Waals surface area contributed by atoms with Crippen LogP contribution in [-0.4, -0.2) is 18.5 Å². The smallest absolute Gasteiger partial charge is 0.189 e. The van der Waals surface area contributed by atoms with Crippen molar-refractivity contribution < 1.29 is 14.6 Å². The van der Waals surface area contributed by atoms with Crippen molar-refractivity contribution in [2.24, 2.45) is 5.92 Å². The second kappa shape index (κ2) is 4.67. The first-order chi connectivity index (χ1) is 8.34. The van der Waals surface area contributed by atoms with Crippen LogP contribution < -0.4 is 4.74 Å². The summed E-state index contributed by atoms with van der Waals surface area (Å²) in [6.07, 6.45) is 3.98. The van der Waals surface area contributed by atoms with Gasteiger partial charge in [0.2, 0.25) is 0 Å². The zero-order chi connectivity index (χ0) is 11.7. The van der Waals surface area contributed by atoms with Gasteiger partial charge >= 0.3 is 0 Å². The van der Waals surface area contributed by atoms with E-state index in [9.17, 15) is 5.11 Å². The maximum absolute atomic E-state index is 9.77. The summed E-state index contributed by atoms with van der Waals surface area (Å²) in [5.41, 5.74) is 2.17. The summed E-state index contributed by atoms with van der Waals surface area (Å²) in [7, 11) is 0. The van der Waals surface area contributed by atoms with Gasteiger partial charge in [-0.05, 0) is 43.2 Å². The van der Waals surface area contributed by atoms with Gasteiger partial charge in [-0.2, -0.15) is 0 Å². The van der Waals surface area contributed by atoms with Gasteiger partial charge < -0.3 is 14.6 Å². The number of benzene rings is 1. The van der Waals surface area contributed by atoms with Crippen LogP contribution in [0.5, 0.6) is 5.75 Å². The highest BCUT2D eigenvalue weighted by Gasteiger charge is 2.23. The van der Waals surface area contributed by atoms with Gasteiger partial charge in [0.15, 0.2) is 6.79 Å². The summed E-state index contributed by atoms with van der Waals surface area (Å²) in [5.74, 6) is 1.64. The Balaban J connectivity index is 1.58. The molecule has 2 aliphatic rings. The van der Waals surface area contributed by atoms with Gasteiger partial charge in [0.1, 0.15) is 5.75 Å². The average Bonchev–Trinajstić information content (AvgIpc) is 3.09. The molecule has 0 amide bonds. The van der Waals surface area contributed by atoms with Gasteiger partial charge in [-0.25, -0.2) is 0 Å². The second-order valence-electron chi connectivity index (χ2n) is 4.95. The number of hydrogen-bond donors (Lipinski definition) is 1. The van der Waals surface area contributed by atoms with Crippen LogP contribution in [0.2, 0.25) is 0 Å². The minimum atomic E-state index is -0.319. The van der Waals surface area contributed by atoms with E-state index in [0.717, 1.165) is 42.2 Å². The normalized spacial score (nSPS) is 22.5. The predicted molar refractivity (Wildman–Crippen MR) is 63.9 cm³/mol. The highest BCUT2D eigenvalue weighted by Crippen LogP contribution is 2.36. The van der Waals surface area contributed by atoms with E-state index >= 15 is 0 Å². The van der Waals surface area contributed by atoms with E-state index in [2.05, 4.69) is 0 Å². The molecular formula is C14H18O3. The zero-order valence-electron chi connectivity index (χ0n) is 9.89. The maximum atomic E-state index is 9.77. The minimum absolute atomic E-state index is 0.319. The lowest BCUT2D eigenvalue weighted by atomic mass is 10.1. The number of fused-ring (bicyclic) bond motifs is 1. The molecule has 1 unspecified atom stereocenters. The van der Waals surface area contributed by atoms with Crippen molar-refractivity contribution in [3.05, 3.63) is 29.3 Å². The quantitative estimate of drug-likeness (QED) is 0.628. The molecule has 0 radical (unpaired) electrons. The van der Waals surface area contributed by atoms with Gasteiger partial charge in [-0.15, -0.1) is 0 Å². The molecule has 1 saturated carbocycles. The standard InChI is InChI=1S/C14H18O3/c15-13-7-6-12-11(13)2-1-3-14(12)17-9-16-8-10-4-5-10/h1-3,10,13,15H,4-9H2. The summed E-state index contributed by atoms with van der Waals surface area (Å²) in [6.45, 7) is 1.14. The highest BCUT2D eigenvalue weighted by molar-refractivity contribution is 5.44. The Morgan fingerprint density at radius 2 is 2.12 bits per heavy atom. The molecule has 1 atom stereocenters. The number of aliphatic hydroxyl groups excluding tert-OH is 1. The Hall–Kier alpha value is -1.06. The van der Waals surface area contributed by atoms with Crippen LogP contribution in [0.3, 0.4) is 0 Å². The largest absolute Gasteiger partial charge is 0.467 e. The third kappa shape index (κ3) is 2.45. The SMILES string of the molecule is OC1CCc2c(OCOCC3CC3)cccc21. The molecule has 1 fully saturated rings. The van der Waals surface area contributed by atoms with E-state index in [1.807, 2.05) is 18.2 Å².